The summed E-state index contributed by atoms with van der Waals surface area (Å²) in [5.74, 6) is 0.652. The van der Waals surface area contributed by atoms with Crippen LogP contribution in [-0.2, 0) is 0 Å². The topological polar surface area (TPSA) is 41.9 Å². The summed E-state index contributed by atoms with van der Waals surface area (Å²) in [5.41, 5.74) is 3.35. The lowest BCUT2D eigenvalue weighted by Crippen LogP contribution is -2.45. The summed E-state index contributed by atoms with van der Waals surface area (Å²) in [5, 5.41) is 1.32. The van der Waals surface area contributed by atoms with Gasteiger partial charge in [-0.3, -0.25) is 4.90 Å². The number of aromatic nitrogens is 3. The zero-order valence-electron chi connectivity index (χ0n) is 14.4. The Balaban J connectivity index is 1.35. The van der Waals surface area contributed by atoms with Crippen molar-refractivity contribution in [3.8, 4) is 11.1 Å². The molecule has 0 spiro atoms. The summed E-state index contributed by atoms with van der Waals surface area (Å²) < 4.78 is 1.27. The Bertz CT molecular complexity index is 885. The SMILES string of the molecule is CC1CCCN1C1CC(c2nc3ccc(-c4cncnc4)cc3s2)C1. The molecule has 1 saturated heterocycles. The summed E-state index contributed by atoms with van der Waals surface area (Å²) in [6.07, 6.45) is 10.6. The number of rotatable bonds is 3. The molecule has 0 amide bonds. The van der Waals surface area contributed by atoms with Crippen LogP contribution < -0.4 is 0 Å². The summed E-state index contributed by atoms with van der Waals surface area (Å²) in [4.78, 5) is 15.9. The maximum atomic E-state index is 4.92. The van der Waals surface area contributed by atoms with Crippen LogP contribution in [0.1, 0.15) is 43.5 Å². The molecule has 1 aliphatic heterocycles. The number of fused-ring (bicyclic) bond motifs is 1. The van der Waals surface area contributed by atoms with Crippen LogP contribution >= 0.6 is 11.3 Å². The van der Waals surface area contributed by atoms with E-state index in [-0.39, 0.29) is 0 Å². The number of thiazole rings is 1. The second-order valence-electron chi connectivity index (χ2n) is 7.41. The first-order valence-electron chi connectivity index (χ1n) is 9.19. The van der Waals surface area contributed by atoms with Gasteiger partial charge in [0, 0.05) is 36.0 Å². The predicted molar refractivity (Wildman–Crippen MR) is 102 cm³/mol. The Kier molecular flexibility index (Phi) is 3.79. The number of benzene rings is 1. The molecule has 1 aliphatic carbocycles. The molecule has 2 aliphatic rings. The molecule has 3 heterocycles. The first-order chi connectivity index (χ1) is 12.3. The van der Waals surface area contributed by atoms with E-state index >= 15 is 0 Å². The molecular weight excluding hydrogens is 328 g/mol. The highest BCUT2D eigenvalue weighted by Crippen LogP contribution is 2.44. The molecule has 25 heavy (non-hydrogen) atoms. The minimum Gasteiger partial charge on any atom is -0.298 e. The molecule has 1 aromatic carbocycles. The minimum absolute atomic E-state index is 0.652. The molecule has 0 N–H and O–H groups in total. The lowest BCUT2D eigenvalue weighted by molar-refractivity contribution is 0.103. The molecule has 0 bridgehead atoms. The highest BCUT2D eigenvalue weighted by Gasteiger charge is 2.39. The van der Waals surface area contributed by atoms with Crippen molar-refractivity contribution in [2.75, 3.05) is 6.54 Å². The summed E-state index contributed by atoms with van der Waals surface area (Å²) in [6.45, 7) is 3.67. The summed E-state index contributed by atoms with van der Waals surface area (Å²) >= 11 is 1.86. The fourth-order valence-corrected chi connectivity index (χ4v) is 5.44. The van der Waals surface area contributed by atoms with Crippen LogP contribution in [0.4, 0.5) is 0 Å². The van der Waals surface area contributed by atoms with Crippen molar-refractivity contribution in [3.63, 3.8) is 0 Å². The number of hydrogen-bond donors (Lipinski definition) is 0. The maximum absolute atomic E-state index is 4.92. The van der Waals surface area contributed by atoms with E-state index in [1.165, 1.54) is 47.5 Å². The van der Waals surface area contributed by atoms with E-state index in [9.17, 15) is 0 Å². The van der Waals surface area contributed by atoms with Gasteiger partial charge in [0.15, 0.2) is 0 Å². The minimum atomic E-state index is 0.652. The summed E-state index contributed by atoms with van der Waals surface area (Å²) in [6, 6.07) is 8.05. The van der Waals surface area contributed by atoms with E-state index in [4.69, 9.17) is 4.98 Å². The zero-order valence-corrected chi connectivity index (χ0v) is 15.2. The van der Waals surface area contributed by atoms with Crippen molar-refractivity contribution in [2.24, 2.45) is 0 Å². The first-order valence-corrected chi connectivity index (χ1v) is 10.0. The first kappa shape index (κ1) is 15.4. The van der Waals surface area contributed by atoms with E-state index in [1.54, 1.807) is 6.33 Å². The van der Waals surface area contributed by atoms with Crippen LogP contribution in [0.3, 0.4) is 0 Å². The lowest BCUT2D eigenvalue weighted by Gasteiger charge is -2.42. The van der Waals surface area contributed by atoms with Crippen molar-refractivity contribution in [3.05, 3.63) is 41.9 Å². The quantitative estimate of drug-likeness (QED) is 0.698. The molecule has 1 saturated carbocycles. The third-order valence-corrected chi connectivity index (χ3v) is 7.02. The van der Waals surface area contributed by atoms with Gasteiger partial charge in [0.05, 0.1) is 15.2 Å². The van der Waals surface area contributed by atoms with Gasteiger partial charge in [-0.1, -0.05) is 6.07 Å². The molecule has 5 heteroatoms. The largest absolute Gasteiger partial charge is 0.298 e. The van der Waals surface area contributed by atoms with Crippen molar-refractivity contribution >= 4 is 21.6 Å². The van der Waals surface area contributed by atoms with Gasteiger partial charge in [0.25, 0.3) is 0 Å². The lowest BCUT2D eigenvalue weighted by atomic mass is 9.79. The highest BCUT2D eigenvalue weighted by atomic mass is 32.1. The standard InChI is InChI=1S/C20H22N4S/c1-13-3-2-6-24(13)17-7-15(8-17)20-23-18-5-4-14(9-19(18)25-20)16-10-21-12-22-11-16/h4-5,9-13,15,17H,2-3,6-8H2,1H3. The third kappa shape index (κ3) is 2.75. The van der Waals surface area contributed by atoms with Crippen molar-refractivity contribution < 1.29 is 0 Å². The molecule has 2 fully saturated rings. The van der Waals surface area contributed by atoms with E-state index in [2.05, 4.69) is 40.0 Å². The fourth-order valence-electron chi connectivity index (χ4n) is 4.30. The molecule has 1 unspecified atom stereocenters. The van der Waals surface area contributed by atoms with Gasteiger partial charge >= 0.3 is 0 Å². The van der Waals surface area contributed by atoms with Gasteiger partial charge < -0.3 is 0 Å². The van der Waals surface area contributed by atoms with Crippen molar-refractivity contribution in [2.45, 2.75) is 50.6 Å². The van der Waals surface area contributed by atoms with Crippen LogP contribution in [0, 0.1) is 0 Å². The van der Waals surface area contributed by atoms with Gasteiger partial charge in [0.1, 0.15) is 6.33 Å². The number of hydrogen-bond acceptors (Lipinski definition) is 5. The van der Waals surface area contributed by atoms with Crippen LogP contribution in [-0.4, -0.2) is 38.5 Å². The Morgan fingerprint density at radius 3 is 2.72 bits per heavy atom. The molecule has 5 rings (SSSR count). The molecule has 128 valence electrons. The van der Waals surface area contributed by atoms with Crippen LogP contribution in [0.5, 0.6) is 0 Å². The normalized spacial score (nSPS) is 26.8. The highest BCUT2D eigenvalue weighted by molar-refractivity contribution is 7.18. The zero-order chi connectivity index (χ0) is 16.8. The third-order valence-electron chi connectivity index (χ3n) is 5.83. The van der Waals surface area contributed by atoms with E-state index < -0.39 is 0 Å². The molecule has 4 nitrogen and oxygen atoms in total. The molecule has 2 aromatic heterocycles. The van der Waals surface area contributed by atoms with Gasteiger partial charge in [-0.15, -0.1) is 11.3 Å². The maximum Gasteiger partial charge on any atom is 0.115 e. The van der Waals surface area contributed by atoms with Gasteiger partial charge in [-0.25, -0.2) is 15.0 Å². The average Bonchev–Trinajstić information content (AvgIpc) is 3.20. The van der Waals surface area contributed by atoms with E-state index in [0.717, 1.165) is 23.2 Å². The Labute approximate surface area is 152 Å². The van der Waals surface area contributed by atoms with Crippen molar-refractivity contribution in [1.29, 1.82) is 0 Å². The predicted octanol–water partition coefficient (Wildman–Crippen LogP) is 4.48. The monoisotopic (exact) mass is 350 g/mol. The second kappa shape index (κ2) is 6.15. The van der Waals surface area contributed by atoms with Gasteiger partial charge in [-0.05, 0) is 56.8 Å². The smallest absolute Gasteiger partial charge is 0.115 e. The van der Waals surface area contributed by atoms with Crippen LogP contribution in [0.25, 0.3) is 21.3 Å². The van der Waals surface area contributed by atoms with Crippen LogP contribution in [0.15, 0.2) is 36.9 Å². The average molecular weight is 350 g/mol. The van der Waals surface area contributed by atoms with E-state index in [0.29, 0.717) is 5.92 Å². The molecular formula is C20H22N4S. The Morgan fingerprint density at radius 2 is 1.96 bits per heavy atom. The van der Waals surface area contributed by atoms with Gasteiger partial charge in [-0.2, -0.15) is 0 Å². The summed E-state index contributed by atoms with van der Waals surface area (Å²) in [7, 11) is 0. The van der Waals surface area contributed by atoms with Crippen molar-refractivity contribution in [1.82, 2.24) is 19.9 Å². The molecule has 3 aromatic rings. The van der Waals surface area contributed by atoms with Crippen LogP contribution in [0.2, 0.25) is 0 Å². The fraction of sp³-hybridized carbons (Fsp3) is 0.450. The second-order valence-corrected chi connectivity index (χ2v) is 8.48. The van der Waals surface area contributed by atoms with E-state index in [1.807, 2.05) is 23.7 Å². The number of likely N-dealkylation sites (tertiary alicyclic amines) is 1. The van der Waals surface area contributed by atoms with Gasteiger partial charge in [0.2, 0.25) is 0 Å². The molecule has 1 atom stereocenters. The molecule has 0 radical (unpaired) electrons. The Morgan fingerprint density at radius 1 is 1.12 bits per heavy atom. The number of nitrogens with zero attached hydrogens (tertiary/aromatic N) is 4. The Hall–Kier alpha value is -1.85.